The van der Waals surface area contributed by atoms with E-state index in [1.54, 1.807) is 6.08 Å². The SMILES string of the molecule is C=CC.c1ccc(N(c2ccc(-c3ccccc3N(c3ccccc3)c3ccc4c(c3)c3c5c(ccc3n4-c3ccccc3)sc3ccccc35)cc2)c2ccc3sc4c5ccccc5ccc4c3c2)cc1. The fourth-order valence-electron chi connectivity index (χ4n) is 10.7. The van der Waals surface area contributed by atoms with Crippen molar-refractivity contribution in [3.05, 3.63) is 261 Å². The summed E-state index contributed by atoms with van der Waals surface area (Å²) in [7, 11) is 0. The molecule has 0 bridgehead atoms. The van der Waals surface area contributed by atoms with Gasteiger partial charge in [0.25, 0.3) is 0 Å². The highest BCUT2D eigenvalue weighted by molar-refractivity contribution is 7.27. The summed E-state index contributed by atoms with van der Waals surface area (Å²) in [6, 6.07) is 91.0. The van der Waals surface area contributed by atoms with Crippen molar-refractivity contribution in [3.63, 3.8) is 0 Å². The number of aromatic nitrogens is 1. The third kappa shape index (κ3) is 7.33. The Labute approximate surface area is 426 Å². The number of rotatable bonds is 8. The molecule has 0 radical (unpaired) electrons. The molecule has 14 aromatic rings. The van der Waals surface area contributed by atoms with Gasteiger partial charge in [0.1, 0.15) is 0 Å². The zero-order valence-corrected chi connectivity index (χ0v) is 41.2. The molecule has 3 nitrogen and oxygen atoms in total. The summed E-state index contributed by atoms with van der Waals surface area (Å²) in [5, 5.41) is 10.3. The zero-order chi connectivity index (χ0) is 48.1. The van der Waals surface area contributed by atoms with Gasteiger partial charge in [-0.1, -0.05) is 146 Å². The lowest BCUT2D eigenvalue weighted by Crippen LogP contribution is -2.11. The van der Waals surface area contributed by atoms with Gasteiger partial charge in [-0.3, -0.25) is 0 Å². The predicted molar refractivity (Wildman–Crippen MR) is 315 cm³/mol. The molecule has 72 heavy (non-hydrogen) atoms. The van der Waals surface area contributed by atoms with Crippen molar-refractivity contribution in [2.24, 2.45) is 0 Å². The van der Waals surface area contributed by atoms with Gasteiger partial charge in [-0.25, -0.2) is 0 Å². The molecule has 0 atom stereocenters. The monoisotopic (exact) mass is 957 g/mol. The van der Waals surface area contributed by atoms with Crippen LogP contribution in [0.2, 0.25) is 0 Å². The number of fused-ring (bicyclic) bond motifs is 12. The first-order valence-corrected chi connectivity index (χ1v) is 26.0. The summed E-state index contributed by atoms with van der Waals surface area (Å²) in [5.41, 5.74) is 12.5. The summed E-state index contributed by atoms with van der Waals surface area (Å²) in [6.07, 6.45) is 1.75. The van der Waals surface area contributed by atoms with E-state index in [-0.39, 0.29) is 0 Å². The van der Waals surface area contributed by atoms with E-state index < -0.39 is 0 Å². The standard InChI is InChI=1S/C64H41N3S2.C3H6/c1-4-17-44(18-5-1)65(48-34-38-60-54(40-48)52-35-30-42-16-10-11-24-51(42)64(52)69-60)47-31-28-43(29-32-47)50-23-12-14-26-56(50)66(45-19-6-2-7-20-45)49-33-36-57-55(41-49)62-58(67(57)46-21-8-3-9-22-46)37-39-61-63(62)53-25-13-15-27-59(53)68-61;1-3-2/h1-41H;3H,1H2,2H3. The fraction of sp³-hybridized carbons (Fsp3) is 0.0149. The van der Waals surface area contributed by atoms with Crippen LogP contribution in [0.3, 0.4) is 0 Å². The van der Waals surface area contributed by atoms with E-state index in [2.05, 4.69) is 270 Å². The number of thiophene rings is 2. The Kier molecular flexibility index (Phi) is 11.0. The van der Waals surface area contributed by atoms with Gasteiger partial charge in [0.15, 0.2) is 0 Å². The molecule has 0 amide bonds. The number of hydrogen-bond acceptors (Lipinski definition) is 4. The molecule has 3 aromatic heterocycles. The number of hydrogen-bond donors (Lipinski definition) is 0. The van der Waals surface area contributed by atoms with E-state index in [1.807, 2.05) is 29.6 Å². The minimum atomic E-state index is 1.10. The van der Waals surface area contributed by atoms with Gasteiger partial charge >= 0.3 is 0 Å². The van der Waals surface area contributed by atoms with Crippen LogP contribution < -0.4 is 9.80 Å². The summed E-state index contributed by atoms with van der Waals surface area (Å²) in [6.45, 7) is 5.25. The molecule has 0 fully saturated rings. The molecule has 0 aliphatic carbocycles. The summed E-state index contributed by atoms with van der Waals surface area (Å²) >= 11 is 3.75. The third-order valence-corrected chi connectivity index (χ3v) is 16.1. The highest BCUT2D eigenvalue weighted by Gasteiger charge is 2.23. The molecular weight excluding hydrogens is 911 g/mol. The van der Waals surface area contributed by atoms with E-state index in [4.69, 9.17) is 0 Å². The van der Waals surface area contributed by atoms with Crippen LogP contribution in [0.15, 0.2) is 261 Å². The van der Waals surface area contributed by atoms with E-state index in [1.165, 1.54) is 72.9 Å². The number of anilines is 6. The van der Waals surface area contributed by atoms with Crippen molar-refractivity contribution in [2.45, 2.75) is 6.92 Å². The van der Waals surface area contributed by atoms with Gasteiger partial charge in [0.2, 0.25) is 0 Å². The lowest BCUT2D eigenvalue weighted by Gasteiger charge is -2.28. The Bertz CT molecular complexity index is 4300. The Hall–Kier alpha value is -8.74. The van der Waals surface area contributed by atoms with Crippen molar-refractivity contribution in [1.82, 2.24) is 4.57 Å². The number of para-hydroxylation sites is 4. The Morgan fingerprint density at radius 3 is 1.72 bits per heavy atom. The van der Waals surface area contributed by atoms with Crippen LogP contribution in [0.4, 0.5) is 34.1 Å². The molecular formula is C67H47N3S2. The largest absolute Gasteiger partial charge is 0.310 e. The quantitative estimate of drug-likeness (QED) is 0.141. The first kappa shape index (κ1) is 43.3. The molecule has 0 saturated heterocycles. The molecule has 14 rings (SSSR count). The minimum absolute atomic E-state index is 1.10. The van der Waals surface area contributed by atoms with Crippen molar-refractivity contribution >= 4 is 130 Å². The van der Waals surface area contributed by atoms with Gasteiger partial charge in [-0.05, 0) is 132 Å². The molecule has 342 valence electrons. The zero-order valence-electron chi connectivity index (χ0n) is 39.6. The maximum Gasteiger partial charge on any atom is 0.0548 e. The third-order valence-electron chi connectivity index (χ3n) is 13.7. The highest BCUT2D eigenvalue weighted by Crippen LogP contribution is 2.48. The molecule has 0 unspecified atom stereocenters. The summed E-state index contributed by atoms with van der Waals surface area (Å²) in [5.74, 6) is 0. The second kappa shape index (κ2) is 18.2. The van der Waals surface area contributed by atoms with Crippen LogP contribution in [-0.4, -0.2) is 4.57 Å². The van der Waals surface area contributed by atoms with Gasteiger partial charge in [0, 0.05) is 90.8 Å². The van der Waals surface area contributed by atoms with E-state index in [0.717, 1.165) is 50.9 Å². The smallest absolute Gasteiger partial charge is 0.0548 e. The molecule has 0 N–H and O–H groups in total. The number of nitrogens with zero attached hydrogens (tertiary/aromatic N) is 3. The van der Waals surface area contributed by atoms with Gasteiger partial charge < -0.3 is 14.4 Å². The second-order valence-electron chi connectivity index (χ2n) is 18.1. The predicted octanol–water partition coefficient (Wildman–Crippen LogP) is 20.5. The molecule has 11 aromatic carbocycles. The number of allylic oxidation sites excluding steroid dienone is 1. The summed E-state index contributed by atoms with van der Waals surface area (Å²) < 4.78 is 7.67. The lowest BCUT2D eigenvalue weighted by atomic mass is 10.0. The van der Waals surface area contributed by atoms with Crippen molar-refractivity contribution in [2.75, 3.05) is 9.80 Å². The van der Waals surface area contributed by atoms with Crippen LogP contribution in [0.25, 0.3) is 89.7 Å². The Balaban J connectivity index is 0.00000164. The molecule has 3 heterocycles. The lowest BCUT2D eigenvalue weighted by molar-refractivity contribution is 1.18. The minimum Gasteiger partial charge on any atom is -0.310 e. The molecule has 0 aliphatic heterocycles. The number of benzene rings is 11. The molecule has 0 spiro atoms. The normalized spacial score (nSPS) is 11.5. The Morgan fingerprint density at radius 2 is 0.944 bits per heavy atom. The average molecular weight is 958 g/mol. The van der Waals surface area contributed by atoms with Gasteiger partial charge in [-0.15, -0.1) is 29.3 Å². The Morgan fingerprint density at radius 1 is 0.389 bits per heavy atom. The first-order valence-electron chi connectivity index (χ1n) is 24.4. The van der Waals surface area contributed by atoms with E-state index >= 15 is 0 Å². The van der Waals surface area contributed by atoms with Crippen molar-refractivity contribution in [1.29, 1.82) is 0 Å². The maximum absolute atomic E-state index is 3.36. The first-order chi connectivity index (χ1) is 35.6. The molecule has 0 aliphatic rings. The summed E-state index contributed by atoms with van der Waals surface area (Å²) in [4.78, 5) is 4.81. The van der Waals surface area contributed by atoms with Crippen molar-refractivity contribution < 1.29 is 0 Å². The van der Waals surface area contributed by atoms with E-state index in [9.17, 15) is 0 Å². The van der Waals surface area contributed by atoms with Crippen LogP contribution in [0, 0.1) is 0 Å². The van der Waals surface area contributed by atoms with Crippen LogP contribution in [0.1, 0.15) is 6.92 Å². The van der Waals surface area contributed by atoms with Crippen LogP contribution in [0.5, 0.6) is 0 Å². The van der Waals surface area contributed by atoms with E-state index in [0.29, 0.717) is 0 Å². The van der Waals surface area contributed by atoms with Crippen LogP contribution in [-0.2, 0) is 0 Å². The molecule has 5 heteroatoms. The fourth-order valence-corrected chi connectivity index (χ4v) is 13.0. The van der Waals surface area contributed by atoms with Crippen molar-refractivity contribution in [3.8, 4) is 16.8 Å². The highest BCUT2D eigenvalue weighted by atomic mass is 32.1. The maximum atomic E-state index is 3.36. The topological polar surface area (TPSA) is 11.4 Å². The van der Waals surface area contributed by atoms with Crippen LogP contribution >= 0.6 is 22.7 Å². The molecule has 0 saturated carbocycles. The van der Waals surface area contributed by atoms with Gasteiger partial charge in [-0.2, -0.15) is 0 Å². The van der Waals surface area contributed by atoms with Gasteiger partial charge in [0.05, 0.1) is 16.7 Å². The average Bonchev–Trinajstić information content (AvgIpc) is 4.12. The second-order valence-corrected chi connectivity index (χ2v) is 20.2.